The van der Waals surface area contributed by atoms with Crippen molar-refractivity contribution < 1.29 is 18.3 Å². The number of amides is 1. The summed E-state index contributed by atoms with van der Waals surface area (Å²) in [6.45, 7) is 3.97. The number of hydrogen-bond acceptors (Lipinski definition) is 3. The topological polar surface area (TPSA) is 56.2 Å². The molecule has 5 nitrogen and oxygen atoms in total. The van der Waals surface area contributed by atoms with Gasteiger partial charge in [-0.1, -0.05) is 51.3 Å². The maximum Gasteiger partial charge on any atom is 0.387 e. The Labute approximate surface area is 193 Å². The fourth-order valence-electron chi connectivity index (χ4n) is 4.34. The second-order valence-electron chi connectivity index (χ2n) is 9.28. The molecule has 8 heteroatoms. The fraction of sp³-hybridized carbons (Fsp3) is 0.583. The highest BCUT2D eigenvalue weighted by Gasteiger charge is 2.26. The van der Waals surface area contributed by atoms with E-state index in [4.69, 9.17) is 16.3 Å². The standard InChI is InChI=1S/C24H32ClF2N3O2/c1-14(2)11-17-9-10-18(19(12-17)32-24(26)27)22-20(25)21(29-30(22)4)23(31)28-13-16-7-5-15(3)6-8-16/h9-10,12,14-16,24H,5-8,11,13H2,1-4H3,(H,28,31). The normalized spacial score (nSPS) is 18.9. The highest BCUT2D eigenvalue weighted by atomic mass is 35.5. The van der Waals surface area contributed by atoms with E-state index in [-0.39, 0.29) is 22.4 Å². The highest BCUT2D eigenvalue weighted by molar-refractivity contribution is 6.36. The van der Waals surface area contributed by atoms with Gasteiger partial charge in [-0.2, -0.15) is 13.9 Å². The molecular weight excluding hydrogens is 436 g/mol. The number of aromatic nitrogens is 2. The van der Waals surface area contributed by atoms with E-state index in [1.54, 1.807) is 19.2 Å². The van der Waals surface area contributed by atoms with Crippen molar-refractivity contribution in [3.8, 4) is 17.0 Å². The molecular formula is C24H32ClF2N3O2. The predicted molar refractivity (Wildman–Crippen MR) is 122 cm³/mol. The van der Waals surface area contributed by atoms with Crippen LogP contribution < -0.4 is 10.1 Å². The van der Waals surface area contributed by atoms with Crippen molar-refractivity contribution in [2.75, 3.05) is 6.54 Å². The number of carbonyl (C=O) groups is 1. The molecule has 1 aliphatic carbocycles. The molecule has 176 valence electrons. The summed E-state index contributed by atoms with van der Waals surface area (Å²) in [7, 11) is 1.63. The van der Waals surface area contributed by atoms with Crippen LogP contribution >= 0.6 is 11.6 Å². The van der Waals surface area contributed by atoms with Crippen molar-refractivity contribution in [2.45, 2.75) is 59.5 Å². The molecule has 1 fully saturated rings. The monoisotopic (exact) mass is 467 g/mol. The minimum absolute atomic E-state index is 0.0198. The first kappa shape index (κ1) is 24.5. The van der Waals surface area contributed by atoms with E-state index in [0.29, 0.717) is 29.6 Å². The molecule has 0 saturated heterocycles. The molecule has 0 spiro atoms. The van der Waals surface area contributed by atoms with Crippen LogP contribution in [0.1, 0.15) is 62.5 Å². The molecule has 2 aromatic rings. The summed E-state index contributed by atoms with van der Waals surface area (Å²) in [5.74, 6) is 1.22. The van der Waals surface area contributed by atoms with Crippen molar-refractivity contribution in [1.29, 1.82) is 0 Å². The SMILES string of the molecule is CC(C)Cc1ccc(-c2c(Cl)c(C(=O)NCC3CCC(C)CC3)nn2C)c(OC(F)F)c1. The van der Waals surface area contributed by atoms with Gasteiger partial charge < -0.3 is 10.1 Å². The van der Waals surface area contributed by atoms with Crippen molar-refractivity contribution in [3.63, 3.8) is 0 Å². The number of benzene rings is 1. The first-order valence-corrected chi connectivity index (χ1v) is 11.6. The molecule has 0 radical (unpaired) electrons. The van der Waals surface area contributed by atoms with E-state index >= 15 is 0 Å². The lowest BCUT2D eigenvalue weighted by atomic mass is 9.83. The van der Waals surface area contributed by atoms with Crippen LogP contribution in [0.2, 0.25) is 5.02 Å². The summed E-state index contributed by atoms with van der Waals surface area (Å²) >= 11 is 6.55. The maximum absolute atomic E-state index is 13.1. The molecule has 0 unspecified atom stereocenters. The van der Waals surface area contributed by atoms with Crippen molar-refractivity contribution in [1.82, 2.24) is 15.1 Å². The molecule has 0 atom stereocenters. The van der Waals surface area contributed by atoms with Crippen molar-refractivity contribution in [3.05, 3.63) is 34.5 Å². The molecule has 0 aliphatic heterocycles. The number of alkyl halides is 2. The van der Waals surface area contributed by atoms with Gasteiger partial charge in [0.1, 0.15) is 5.75 Å². The lowest BCUT2D eigenvalue weighted by Gasteiger charge is -2.26. The Bertz CT molecular complexity index is 938. The van der Waals surface area contributed by atoms with E-state index in [1.807, 2.05) is 6.07 Å². The third-order valence-corrected chi connectivity index (χ3v) is 6.41. The zero-order valence-corrected chi connectivity index (χ0v) is 19.9. The molecule has 1 N–H and O–H groups in total. The number of rotatable bonds is 8. The van der Waals surface area contributed by atoms with Gasteiger partial charge in [-0.25, -0.2) is 0 Å². The van der Waals surface area contributed by atoms with E-state index in [0.717, 1.165) is 30.7 Å². The average molecular weight is 468 g/mol. The van der Waals surface area contributed by atoms with Gasteiger partial charge in [0.15, 0.2) is 5.69 Å². The fourth-order valence-corrected chi connectivity index (χ4v) is 4.69. The summed E-state index contributed by atoms with van der Waals surface area (Å²) in [6.07, 6.45) is 5.27. The van der Waals surface area contributed by atoms with Crippen LogP contribution in [-0.4, -0.2) is 28.8 Å². The summed E-state index contributed by atoms with van der Waals surface area (Å²) < 4.78 is 32.5. The third kappa shape index (κ3) is 6.00. The average Bonchev–Trinajstić information content (AvgIpc) is 3.01. The zero-order chi connectivity index (χ0) is 23.4. The van der Waals surface area contributed by atoms with Crippen LogP contribution in [0, 0.1) is 17.8 Å². The number of aryl methyl sites for hydroxylation is 1. The van der Waals surface area contributed by atoms with Gasteiger partial charge in [-0.15, -0.1) is 0 Å². The molecule has 1 saturated carbocycles. The summed E-state index contributed by atoms with van der Waals surface area (Å²) in [4.78, 5) is 12.8. The Morgan fingerprint density at radius 3 is 2.59 bits per heavy atom. The van der Waals surface area contributed by atoms with E-state index in [9.17, 15) is 13.6 Å². The zero-order valence-electron chi connectivity index (χ0n) is 19.1. The maximum atomic E-state index is 13.1. The number of hydrogen-bond donors (Lipinski definition) is 1. The van der Waals surface area contributed by atoms with Gasteiger partial charge >= 0.3 is 6.61 Å². The largest absolute Gasteiger partial charge is 0.434 e. The number of nitrogens with zero attached hydrogens (tertiary/aromatic N) is 2. The van der Waals surface area contributed by atoms with Gasteiger partial charge in [-0.05, 0) is 54.7 Å². The van der Waals surface area contributed by atoms with Crippen molar-refractivity contribution in [2.24, 2.45) is 24.8 Å². The van der Waals surface area contributed by atoms with Crippen LogP contribution in [0.3, 0.4) is 0 Å². The second-order valence-corrected chi connectivity index (χ2v) is 9.66. The van der Waals surface area contributed by atoms with E-state index < -0.39 is 6.61 Å². The van der Waals surface area contributed by atoms with Gasteiger partial charge in [0.05, 0.1) is 10.7 Å². The smallest absolute Gasteiger partial charge is 0.387 e. The molecule has 3 rings (SSSR count). The molecule has 1 heterocycles. The minimum atomic E-state index is -2.98. The van der Waals surface area contributed by atoms with Crippen LogP contribution in [-0.2, 0) is 13.5 Å². The van der Waals surface area contributed by atoms with E-state index in [2.05, 4.69) is 31.2 Å². The van der Waals surface area contributed by atoms with Crippen LogP contribution in [0.15, 0.2) is 18.2 Å². The number of ether oxygens (including phenoxy) is 1. The Hall–Kier alpha value is -2.15. The number of halogens is 3. The van der Waals surface area contributed by atoms with Gasteiger partial charge in [0.25, 0.3) is 5.91 Å². The summed E-state index contributed by atoms with van der Waals surface area (Å²) in [5.41, 5.74) is 1.72. The van der Waals surface area contributed by atoms with E-state index in [1.165, 1.54) is 17.5 Å². The Balaban J connectivity index is 1.83. The molecule has 0 bridgehead atoms. The Morgan fingerprint density at radius 2 is 1.97 bits per heavy atom. The lowest BCUT2D eigenvalue weighted by Crippen LogP contribution is -2.31. The number of carbonyl (C=O) groups excluding carboxylic acids is 1. The van der Waals surface area contributed by atoms with Crippen LogP contribution in [0.25, 0.3) is 11.3 Å². The molecule has 1 amide bonds. The first-order chi connectivity index (χ1) is 15.2. The Morgan fingerprint density at radius 1 is 1.28 bits per heavy atom. The predicted octanol–water partition coefficient (Wildman–Crippen LogP) is 6.10. The van der Waals surface area contributed by atoms with Crippen LogP contribution in [0.4, 0.5) is 8.78 Å². The second kappa shape index (κ2) is 10.6. The highest BCUT2D eigenvalue weighted by Crippen LogP contribution is 2.38. The quantitative estimate of drug-likeness (QED) is 0.510. The minimum Gasteiger partial charge on any atom is -0.434 e. The van der Waals surface area contributed by atoms with Crippen LogP contribution in [0.5, 0.6) is 5.75 Å². The first-order valence-electron chi connectivity index (χ1n) is 11.2. The molecule has 1 aromatic carbocycles. The summed E-state index contributed by atoms with van der Waals surface area (Å²) in [6, 6.07) is 5.17. The van der Waals surface area contributed by atoms with Gasteiger partial charge in [0.2, 0.25) is 0 Å². The molecule has 1 aliphatic rings. The lowest BCUT2D eigenvalue weighted by molar-refractivity contribution is -0.0495. The molecule has 1 aromatic heterocycles. The molecule has 32 heavy (non-hydrogen) atoms. The Kier molecular flexibility index (Phi) is 8.15. The van der Waals surface area contributed by atoms with Crippen molar-refractivity contribution >= 4 is 17.5 Å². The number of nitrogens with one attached hydrogen (secondary N) is 1. The van der Waals surface area contributed by atoms with Gasteiger partial charge in [-0.3, -0.25) is 9.48 Å². The summed E-state index contributed by atoms with van der Waals surface area (Å²) in [5, 5.41) is 7.35. The third-order valence-electron chi connectivity index (χ3n) is 6.05. The van der Waals surface area contributed by atoms with Gasteiger partial charge in [0, 0.05) is 19.2 Å².